The monoisotopic (exact) mass is 420 g/mol. The topological polar surface area (TPSA) is 119 Å². The van der Waals surface area contributed by atoms with Crippen molar-refractivity contribution >= 4 is 39.0 Å². The van der Waals surface area contributed by atoms with Gasteiger partial charge in [-0.1, -0.05) is 11.6 Å². The van der Waals surface area contributed by atoms with Crippen molar-refractivity contribution < 1.29 is 13.2 Å². The van der Waals surface area contributed by atoms with Gasteiger partial charge in [-0.2, -0.15) is 5.10 Å². The van der Waals surface area contributed by atoms with E-state index in [-0.39, 0.29) is 21.8 Å². The fourth-order valence-corrected chi connectivity index (χ4v) is 3.57. The minimum atomic E-state index is -3.85. The van der Waals surface area contributed by atoms with Gasteiger partial charge in [-0.3, -0.25) is 14.2 Å². The molecule has 0 saturated carbocycles. The molecule has 0 fully saturated rings. The van der Waals surface area contributed by atoms with E-state index in [0.29, 0.717) is 17.8 Å². The third kappa shape index (κ3) is 4.29. The second-order valence-corrected chi connectivity index (χ2v) is 7.85. The molecule has 0 atom stereocenters. The molecule has 9 nitrogen and oxygen atoms in total. The number of hydrogen-bond donors (Lipinski definition) is 2. The third-order valence-electron chi connectivity index (χ3n) is 3.94. The zero-order valence-corrected chi connectivity index (χ0v) is 16.6. The number of benzene rings is 1. The molecule has 0 aliphatic heterocycles. The molecule has 2 heterocycles. The Morgan fingerprint density at radius 1 is 1.14 bits per heavy atom. The molecule has 1 aromatic carbocycles. The number of nitrogens with one attached hydrogen (secondary N) is 2. The Balaban J connectivity index is 1.72. The second-order valence-electron chi connectivity index (χ2n) is 5.78. The van der Waals surface area contributed by atoms with Crippen LogP contribution in [-0.4, -0.2) is 34.3 Å². The van der Waals surface area contributed by atoms with Crippen molar-refractivity contribution in [2.45, 2.75) is 25.3 Å². The van der Waals surface area contributed by atoms with Crippen LogP contribution in [0, 0.1) is 6.92 Å². The zero-order chi connectivity index (χ0) is 20.3. The molecule has 2 aromatic heterocycles. The first-order chi connectivity index (χ1) is 13.3. The summed E-state index contributed by atoms with van der Waals surface area (Å²) in [6, 6.07) is 8.58. The number of aryl methyl sites for hydroxylation is 1. The van der Waals surface area contributed by atoms with Crippen molar-refractivity contribution in [1.29, 1.82) is 0 Å². The van der Waals surface area contributed by atoms with E-state index in [0.717, 1.165) is 5.69 Å². The SMILES string of the molecule is CCn1ncc(C(=O)Nc2ccc(S(=O)(=O)Nc3ccc(Cl)nn3)cc2)c1C. The number of halogens is 1. The highest BCUT2D eigenvalue weighted by Crippen LogP contribution is 2.18. The van der Waals surface area contributed by atoms with E-state index in [1.54, 1.807) is 4.68 Å². The highest BCUT2D eigenvalue weighted by Gasteiger charge is 2.17. The maximum atomic E-state index is 12.4. The molecule has 0 spiro atoms. The van der Waals surface area contributed by atoms with Crippen molar-refractivity contribution in [1.82, 2.24) is 20.0 Å². The smallest absolute Gasteiger partial charge is 0.263 e. The summed E-state index contributed by atoms with van der Waals surface area (Å²) in [5.74, 6) is -0.271. The van der Waals surface area contributed by atoms with E-state index in [1.807, 2.05) is 13.8 Å². The third-order valence-corrected chi connectivity index (χ3v) is 5.51. The Kier molecular flexibility index (Phi) is 5.61. The number of aromatic nitrogens is 4. The van der Waals surface area contributed by atoms with Crippen molar-refractivity contribution in [2.75, 3.05) is 10.0 Å². The highest BCUT2D eigenvalue weighted by atomic mass is 35.5. The number of hydrogen-bond acceptors (Lipinski definition) is 6. The van der Waals surface area contributed by atoms with Gasteiger partial charge in [0.25, 0.3) is 15.9 Å². The minimum absolute atomic E-state index is 0.0113. The first-order valence-electron chi connectivity index (χ1n) is 8.26. The summed E-state index contributed by atoms with van der Waals surface area (Å²) in [6.45, 7) is 4.41. The van der Waals surface area contributed by atoms with Gasteiger partial charge >= 0.3 is 0 Å². The van der Waals surface area contributed by atoms with Crippen LogP contribution in [0.1, 0.15) is 23.0 Å². The predicted molar refractivity (Wildman–Crippen MR) is 105 cm³/mol. The molecule has 0 aliphatic rings. The van der Waals surface area contributed by atoms with Gasteiger partial charge < -0.3 is 5.32 Å². The Hall–Kier alpha value is -2.98. The number of amides is 1. The molecule has 3 aromatic rings. The molecule has 146 valence electrons. The molecule has 11 heteroatoms. The lowest BCUT2D eigenvalue weighted by Gasteiger charge is -2.09. The van der Waals surface area contributed by atoms with E-state index in [9.17, 15) is 13.2 Å². The van der Waals surface area contributed by atoms with Gasteiger partial charge in [0.15, 0.2) is 11.0 Å². The van der Waals surface area contributed by atoms with Crippen LogP contribution in [0.3, 0.4) is 0 Å². The van der Waals surface area contributed by atoms with E-state index in [4.69, 9.17) is 11.6 Å². The molecule has 0 bridgehead atoms. The number of nitrogens with zero attached hydrogens (tertiary/aromatic N) is 4. The lowest BCUT2D eigenvalue weighted by atomic mass is 10.2. The maximum Gasteiger partial charge on any atom is 0.263 e. The Morgan fingerprint density at radius 3 is 2.43 bits per heavy atom. The van der Waals surface area contributed by atoms with Crippen LogP contribution in [0.15, 0.2) is 47.5 Å². The lowest BCUT2D eigenvalue weighted by molar-refractivity contribution is 0.102. The van der Waals surface area contributed by atoms with Gasteiger partial charge in [0.2, 0.25) is 0 Å². The molecule has 0 radical (unpaired) electrons. The summed E-state index contributed by atoms with van der Waals surface area (Å²) >= 11 is 5.63. The maximum absolute atomic E-state index is 12.4. The second kappa shape index (κ2) is 7.95. The average molecular weight is 421 g/mol. The van der Waals surface area contributed by atoms with Crippen LogP contribution in [0.5, 0.6) is 0 Å². The van der Waals surface area contributed by atoms with Gasteiger partial charge in [0.1, 0.15) is 0 Å². The van der Waals surface area contributed by atoms with Crippen LogP contribution >= 0.6 is 11.6 Å². The summed E-state index contributed by atoms with van der Waals surface area (Å²) in [5.41, 5.74) is 1.67. The van der Waals surface area contributed by atoms with Gasteiger partial charge in [0.05, 0.1) is 16.7 Å². The lowest BCUT2D eigenvalue weighted by Crippen LogP contribution is -2.15. The van der Waals surface area contributed by atoms with Crippen LogP contribution < -0.4 is 10.0 Å². The van der Waals surface area contributed by atoms with Crippen molar-refractivity contribution in [2.24, 2.45) is 0 Å². The van der Waals surface area contributed by atoms with Crippen LogP contribution in [0.25, 0.3) is 0 Å². The molecular formula is C17H17ClN6O3S. The number of rotatable bonds is 6. The molecule has 0 saturated heterocycles. The fraction of sp³-hybridized carbons (Fsp3) is 0.176. The van der Waals surface area contributed by atoms with E-state index in [2.05, 4.69) is 25.3 Å². The Labute approximate surface area is 166 Å². The summed E-state index contributed by atoms with van der Waals surface area (Å²) in [4.78, 5) is 12.4. The molecule has 28 heavy (non-hydrogen) atoms. The highest BCUT2D eigenvalue weighted by molar-refractivity contribution is 7.92. The normalized spacial score (nSPS) is 11.2. The van der Waals surface area contributed by atoms with E-state index in [1.165, 1.54) is 42.6 Å². The zero-order valence-electron chi connectivity index (χ0n) is 15.0. The van der Waals surface area contributed by atoms with Crippen LogP contribution in [0.2, 0.25) is 5.15 Å². The fourth-order valence-electron chi connectivity index (χ4n) is 2.47. The summed E-state index contributed by atoms with van der Waals surface area (Å²) in [7, 11) is -3.85. The molecular weight excluding hydrogens is 404 g/mol. The summed E-state index contributed by atoms with van der Waals surface area (Å²) in [5, 5.41) is 14.3. The molecule has 1 amide bonds. The van der Waals surface area contributed by atoms with Crippen LogP contribution in [-0.2, 0) is 16.6 Å². The molecule has 2 N–H and O–H groups in total. The summed E-state index contributed by atoms with van der Waals surface area (Å²) in [6.07, 6.45) is 1.50. The Morgan fingerprint density at radius 2 is 1.86 bits per heavy atom. The van der Waals surface area contributed by atoms with Crippen molar-refractivity contribution in [3.8, 4) is 0 Å². The number of carbonyl (C=O) groups is 1. The van der Waals surface area contributed by atoms with Gasteiger partial charge in [0, 0.05) is 17.9 Å². The average Bonchev–Trinajstić information content (AvgIpc) is 3.04. The van der Waals surface area contributed by atoms with E-state index >= 15 is 0 Å². The number of sulfonamides is 1. The summed E-state index contributed by atoms with van der Waals surface area (Å²) < 4.78 is 28.8. The van der Waals surface area contributed by atoms with Crippen molar-refractivity contribution in [3.05, 3.63) is 59.0 Å². The molecule has 0 aliphatic carbocycles. The standard InChI is InChI=1S/C17H17ClN6O3S/c1-3-24-11(2)14(10-19-24)17(25)20-12-4-6-13(7-5-12)28(26,27)23-16-9-8-15(18)21-22-16/h4-10H,3H2,1-2H3,(H,20,25)(H,22,23). The van der Waals surface area contributed by atoms with Crippen molar-refractivity contribution in [3.63, 3.8) is 0 Å². The molecule has 0 unspecified atom stereocenters. The largest absolute Gasteiger partial charge is 0.322 e. The van der Waals surface area contributed by atoms with Gasteiger partial charge in [-0.25, -0.2) is 8.42 Å². The number of anilines is 2. The predicted octanol–water partition coefficient (Wildman–Crippen LogP) is 2.71. The van der Waals surface area contributed by atoms with Gasteiger partial charge in [-0.15, -0.1) is 10.2 Å². The molecule has 3 rings (SSSR count). The number of carbonyl (C=O) groups excluding carboxylic acids is 1. The first kappa shape index (κ1) is 19.8. The first-order valence-corrected chi connectivity index (χ1v) is 10.1. The van der Waals surface area contributed by atoms with Crippen LogP contribution in [0.4, 0.5) is 11.5 Å². The quantitative estimate of drug-likeness (QED) is 0.632. The van der Waals surface area contributed by atoms with Gasteiger partial charge in [-0.05, 0) is 50.2 Å². The van der Waals surface area contributed by atoms with E-state index < -0.39 is 10.0 Å². The Bertz CT molecular complexity index is 1090. The minimum Gasteiger partial charge on any atom is -0.322 e.